The van der Waals surface area contributed by atoms with Crippen LogP contribution in [-0.4, -0.2) is 31.8 Å². The summed E-state index contributed by atoms with van der Waals surface area (Å²) in [5, 5.41) is 3.55. The average molecular weight is 257 g/mol. The van der Waals surface area contributed by atoms with Gasteiger partial charge < -0.3 is 10.2 Å². The SMILES string of the molecule is CNCC(=O)N1CCSc2ccc(Cl)cc21. The predicted octanol–water partition coefficient (Wildman–Crippen LogP) is 2.00. The number of nitrogens with one attached hydrogen (secondary N) is 1. The monoisotopic (exact) mass is 256 g/mol. The van der Waals surface area contributed by atoms with E-state index in [0.717, 1.165) is 22.9 Å². The summed E-state index contributed by atoms with van der Waals surface area (Å²) >= 11 is 7.72. The number of carbonyl (C=O) groups is 1. The molecule has 0 spiro atoms. The van der Waals surface area contributed by atoms with Crippen molar-refractivity contribution in [2.75, 3.05) is 30.8 Å². The minimum atomic E-state index is 0.0892. The highest BCUT2D eigenvalue weighted by atomic mass is 35.5. The number of rotatable bonds is 2. The maximum atomic E-state index is 11.9. The Balaban J connectivity index is 2.31. The molecule has 16 heavy (non-hydrogen) atoms. The van der Waals surface area contributed by atoms with Crippen molar-refractivity contribution in [2.45, 2.75) is 4.90 Å². The highest BCUT2D eigenvalue weighted by Gasteiger charge is 2.22. The van der Waals surface area contributed by atoms with Crippen LogP contribution in [0.15, 0.2) is 23.1 Å². The molecule has 1 N–H and O–H groups in total. The van der Waals surface area contributed by atoms with E-state index >= 15 is 0 Å². The van der Waals surface area contributed by atoms with E-state index in [2.05, 4.69) is 5.32 Å². The second-order valence-electron chi connectivity index (χ2n) is 3.54. The molecule has 86 valence electrons. The standard InChI is InChI=1S/C11H13ClN2OS/c1-13-7-11(15)14-4-5-16-10-3-2-8(12)6-9(10)14/h2-3,6,13H,4-5,7H2,1H3. The quantitative estimate of drug-likeness (QED) is 0.879. The maximum absolute atomic E-state index is 11.9. The lowest BCUT2D eigenvalue weighted by Gasteiger charge is -2.29. The van der Waals surface area contributed by atoms with Crippen LogP contribution in [0.1, 0.15) is 0 Å². The zero-order valence-electron chi connectivity index (χ0n) is 9.00. The minimum Gasteiger partial charge on any atom is -0.311 e. The largest absolute Gasteiger partial charge is 0.311 e. The molecule has 1 amide bonds. The van der Waals surface area contributed by atoms with E-state index in [1.54, 1.807) is 23.7 Å². The lowest BCUT2D eigenvalue weighted by molar-refractivity contribution is -0.117. The second-order valence-corrected chi connectivity index (χ2v) is 5.11. The van der Waals surface area contributed by atoms with Gasteiger partial charge in [0.05, 0.1) is 12.2 Å². The minimum absolute atomic E-state index is 0.0892. The lowest BCUT2D eigenvalue weighted by Crippen LogP contribution is -2.40. The number of halogens is 1. The van der Waals surface area contributed by atoms with Crippen LogP contribution in [0, 0.1) is 0 Å². The van der Waals surface area contributed by atoms with Crippen molar-refractivity contribution in [3.63, 3.8) is 0 Å². The first kappa shape index (κ1) is 11.8. The molecule has 0 bridgehead atoms. The zero-order valence-corrected chi connectivity index (χ0v) is 10.6. The summed E-state index contributed by atoms with van der Waals surface area (Å²) < 4.78 is 0. The van der Waals surface area contributed by atoms with E-state index < -0.39 is 0 Å². The first-order chi connectivity index (χ1) is 7.72. The van der Waals surface area contributed by atoms with Crippen LogP contribution in [-0.2, 0) is 4.79 Å². The van der Waals surface area contributed by atoms with Crippen molar-refractivity contribution in [3.8, 4) is 0 Å². The Bertz CT molecular complexity index is 411. The topological polar surface area (TPSA) is 32.3 Å². The third-order valence-corrected chi connectivity index (χ3v) is 3.69. The van der Waals surface area contributed by atoms with Crippen molar-refractivity contribution in [1.82, 2.24) is 5.32 Å². The first-order valence-corrected chi connectivity index (χ1v) is 6.46. The van der Waals surface area contributed by atoms with Crippen LogP contribution in [0.25, 0.3) is 0 Å². The van der Waals surface area contributed by atoms with E-state index in [1.807, 2.05) is 18.2 Å². The summed E-state index contributed by atoms with van der Waals surface area (Å²) in [6, 6.07) is 5.69. The smallest absolute Gasteiger partial charge is 0.240 e. The van der Waals surface area contributed by atoms with Gasteiger partial charge in [0, 0.05) is 22.2 Å². The number of likely N-dealkylation sites (N-methyl/N-ethyl adjacent to an activating group) is 1. The predicted molar refractivity (Wildman–Crippen MR) is 68.5 cm³/mol. The Kier molecular flexibility index (Phi) is 3.74. The van der Waals surface area contributed by atoms with Gasteiger partial charge in [0.15, 0.2) is 0 Å². The van der Waals surface area contributed by atoms with Crippen LogP contribution in [0.4, 0.5) is 5.69 Å². The van der Waals surface area contributed by atoms with E-state index in [9.17, 15) is 4.79 Å². The van der Waals surface area contributed by atoms with Crippen molar-refractivity contribution < 1.29 is 4.79 Å². The number of nitrogens with zero attached hydrogens (tertiary/aromatic N) is 1. The van der Waals surface area contributed by atoms with Crippen molar-refractivity contribution in [2.24, 2.45) is 0 Å². The molecule has 0 unspecified atom stereocenters. The van der Waals surface area contributed by atoms with Gasteiger partial charge in [-0.25, -0.2) is 0 Å². The molecule has 0 saturated carbocycles. The van der Waals surface area contributed by atoms with E-state index in [1.165, 1.54) is 0 Å². The molecule has 0 fully saturated rings. The molecule has 5 heteroatoms. The molecule has 0 radical (unpaired) electrons. The van der Waals surface area contributed by atoms with Gasteiger partial charge in [-0.15, -0.1) is 11.8 Å². The first-order valence-electron chi connectivity index (χ1n) is 5.09. The molecule has 1 aliphatic rings. The summed E-state index contributed by atoms with van der Waals surface area (Å²) in [5.41, 5.74) is 0.934. The summed E-state index contributed by atoms with van der Waals surface area (Å²) in [6.45, 7) is 1.11. The van der Waals surface area contributed by atoms with E-state index in [-0.39, 0.29) is 5.91 Å². The van der Waals surface area contributed by atoms with Gasteiger partial charge in [-0.3, -0.25) is 4.79 Å². The van der Waals surface area contributed by atoms with E-state index in [0.29, 0.717) is 11.6 Å². The Labute approximate surface area is 104 Å². The molecule has 2 rings (SSSR count). The average Bonchev–Trinajstić information content (AvgIpc) is 2.28. The van der Waals surface area contributed by atoms with Gasteiger partial charge in [0.25, 0.3) is 0 Å². The van der Waals surface area contributed by atoms with Crippen LogP contribution in [0.2, 0.25) is 5.02 Å². The normalized spacial score (nSPS) is 14.8. The number of hydrogen-bond acceptors (Lipinski definition) is 3. The third kappa shape index (κ3) is 2.34. The van der Waals surface area contributed by atoms with Gasteiger partial charge in [0.2, 0.25) is 5.91 Å². The summed E-state index contributed by atoms with van der Waals surface area (Å²) in [7, 11) is 1.77. The fourth-order valence-electron chi connectivity index (χ4n) is 1.70. The summed E-state index contributed by atoms with van der Waals surface area (Å²) in [4.78, 5) is 14.8. The third-order valence-electron chi connectivity index (χ3n) is 2.41. The number of benzene rings is 1. The number of hydrogen-bond donors (Lipinski definition) is 1. The molecule has 0 saturated heterocycles. The molecular formula is C11H13ClN2OS. The van der Waals surface area contributed by atoms with Gasteiger partial charge in [-0.2, -0.15) is 0 Å². The molecule has 1 aromatic carbocycles. The van der Waals surface area contributed by atoms with Crippen LogP contribution >= 0.6 is 23.4 Å². The number of amides is 1. The summed E-state index contributed by atoms with van der Waals surface area (Å²) in [5.74, 6) is 1.02. The molecular weight excluding hydrogens is 244 g/mol. The van der Waals surface area contributed by atoms with Gasteiger partial charge >= 0.3 is 0 Å². The number of fused-ring (bicyclic) bond motifs is 1. The second kappa shape index (κ2) is 5.08. The molecule has 1 aromatic rings. The number of carbonyl (C=O) groups excluding carboxylic acids is 1. The van der Waals surface area contributed by atoms with Crippen LogP contribution in [0.3, 0.4) is 0 Å². The zero-order chi connectivity index (χ0) is 11.5. The highest BCUT2D eigenvalue weighted by Crippen LogP contribution is 2.36. The van der Waals surface area contributed by atoms with Crippen LogP contribution in [0.5, 0.6) is 0 Å². The summed E-state index contributed by atoms with van der Waals surface area (Å²) in [6.07, 6.45) is 0. The van der Waals surface area contributed by atoms with Crippen molar-refractivity contribution in [3.05, 3.63) is 23.2 Å². The van der Waals surface area contributed by atoms with Crippen molar-refractivity contribution in [1.29, 1.82) is 0 Å². The lowest BCUT2D eigenvalue weighted by atomic mass is 10.2. The van der Waals surface area contributed by atoms with Gasteiger partial charge in [0.1, 0.15) is 0 Å². The Morgan fingerprint density at radius 3 is 3.19 bits per heavy atom. The van der Waals surface area contributed by atoms with Crippen LogP contribution < -0.4 is 10.2 Å². The van der Waals surface area contributed by atoms with Crippen molar-refractivity contribution >= 4 is 35.0 Å². The maximum Gasteiger partial charge on any atom is 0.240 e. The number of anilines is 1. The molecule has 0 atom stereocenters. The Morgan fingerprint density at radius 2 is 2.44 bits per heavy atom. The number of thioether (sulfide) groups is 1. The Hall–Kier alpha value is -0.710. The fourth-order valence-corrected chi connectivity index (χ4v) is 2.84. The molecule has 1 heterocycles. The van der Waals surface area contributed by atoms with Gasteiger partial charge in [-0.1, -0.05) is 11.6 Å². The highest BCUT2D eigenvalue weighted by molar-refractivity contribution is 7.99. The molecule has 3 nitrogen and oxygen atoms in total. The fraction of sp³-hybridized carbons (Fsp3) is 0.364. The van der Waals surface area contributed by atoms with Gasteiger partial charge in [-0.05, 0) is 25.2 Å². The van der Waals surface area contributed by atoms with E-state index in [4.69, 9.17) is 11.6 Å². The molecule has 0 aromatic heterocycles. The Morgan fingerprint density at radius 1 is 1.62 bits per heavy atom. The molecule has 0 aliphatic carbocycles. The molecule has 1 aliphatic heterocycles.